The number of esters is 1. The van der Waals surface area contributed by atoms with Crippen molar-refractivity contribution >= 4 is 27.8 Å². The van der Waals surface area contributed by atoms with Crippen molar-refractivity contribution in [3.8, 4) is 5.75 Å². The number of hydrogen-bond acceptors (Lipinski definition) is 5. The largest absolute Gasteiger partial charge is 0.427 e. The van der Waals surface area contributed by atoms with E-state index in [1.807, 2.05) is 31.2 Å². The van der Waals surface area contributed by atoms with Gasteiger partial charge in [-0.2, -0.15) is 0 Å². The van der Waals surface area contributed by atoms with Gasteiger partial charge in [0.1, 0.15) is 5.75 Å². The molecule has 2 rings (SSSR count). The van der Waals surface area contributed by atoms with E-state index in [-0.39, 0.29) is 17.3 Å². The number of primary sulfonamides is 1. The number of hydrogen-bond donors (Lipinski definition) is 1. The lowest BCUT2D eigenvalue weighted by Gasteiger charge is -2.05. The maximum absolute atomic E-state index is 11.8. The Morgan fingerprint density at radius 1 is 1.09 bits per heavy atom. The highest BCUT2D eigenvalue weighted by atomic mass is 32.2. The number of carbonyl (C=O) groups is 1. The molecule has 0 aliphatic rings. The quantitative estimate of drug-likeness (QED) is 0.491. The van der Waals surface area contributed by atoms with Gasteiger partial charge in [-0.15, -0.1) is 11.8 Å². The average Bonchev–Trinajstić information content (AvgIpc) is 2.49. The molecule has 2 N–H and O–H groups in total. The topological polar surface area (TPSA) is 86.5 Å². The second-order valence-corrected chi connectivity index (χ2v) is 7.63. The third-order valence-electron chi connectivity index (χ3n) is 2.98. The van der Waals surface area contributed by atoms with Gasteiger partial charge in [-0.05, 0) is 43.3 Å². The first-order valence-electron chi connectivity index (χ1n) is 6.87. The molecule has 0 atom stereocenters. The second kappa shape index (κ2) is 7.63. The van der Waals surface area contributed by atoms with Gasteiger partial charge in [-0.25, -0.2) is 13.6 Å². The van der Waals surface area contributed by atoms with Crippen molar-refractivity contribution in [3.63, 3.8) is 0 Å². The van der Waals surface area contributed by atoms with Crippen LogP contribution in [0.4, 0.5) is 0 Å². The molecule has 7 heteroatoms. The smallest absolute Gasteiger partial charge is 0.312 e. The van der Waals surface area contributed by atoms with Gasteiger partial charge >= 0.3 is 5.97 Å². The van der Waals surface area contributed by atoms with Gasteiger partial charge in [0.25, 0.3) is 0 Å². The fourth-order valence-corrected chi connectivity index (χ4v) is 3.11. The van der Waals surface area contributed by atoms with Gasteiger partial charge < -0.3 is 4.74 Å². The molecule has 23 heavy (non-hydrogen) atoms. The Kier molecular flexibility index (Phi) is 5.81. The average molecular weight is 351 g/mol. The molecule has 0 unspecified atom stereocenters. The maximum Gasteiger partial charge on any atom is 0.312 e. The van der Waals surface area contributed by atoms with Crippen LogP contribution in [0.25, 0.3) is 0 Å². The highest BCUT2D eigenvalue weighted by Crippen LogP contribution is 2.20. The minimum absolute atomic E-state index is 0.0211. The first kappa shape index (κ1) is 17.5. The molecule has 5 nitrogen and oxygen atoms in total. The lowest BCUT2D eigenvalue weighted by atomic mass is 10.2. The zero-order valence-electron chi connectivity index (χ0n) is 12.6. The van der Waals surface area contributed by atoms with Crippen LogP contribution in [0.5, 0.6) is 5.75 Å². The summed E-state index contributed by atoms with van der Waals surface area (Å²) in [7, 11) is -3.74. The Morgan fingerprint density at radius 2 is 1.70 bits per heavy atom. The predicted molar refractivity (Wildman–Crippen MR) is 90.0 cm³/mol. The van der Waals surface area contributed by atoms with Crippen molar-refractivity contribution in [1.29, 1.82) is 0 Å². The summed E-state index contributed by atoms with van der Waals surface area (Å²) in [4.78, 5) is 12.8. The summed E-state index contributed by atoms with van der Waals surface area (Å²) in [6.07, 6.45) is 0.259. The van der Waals surface area contributed by atoms with Crippen molar-refractivity contribution in [3.05, 3.63) is 54.1 Å². The van der Waals surface area contributed by atoms with Crippen molar-refractivity contribution in [1.82, 2.24) is 0 Å². The highest BCUT2D eigenvalue weighted by Gasteiger charge is 2.09. The van der Waals surface area contributed by atoms with Crippen LogP contribution in [-0.4, -0.2) is 20.1 Å². The van der Waals surface area contributed by atoms with E-state index in [4.69, 9.17) is 9.88 Å². The van der Waals surface area contributed by atoms with E-state index in [0.29, 0.717) is 11.5 Å². The summed E-state index contributed by atoms with van der Waals surface area (Å²) in [6.45, 7) is 2.02. The van der Waals surface area contributed by atoms with Gasteiger partial charge in [0, 0.05) is 10.6 Å². The monoisotopic (exact) mass is 351 g/mol. The Balaban J connectivity index is 1.81. The minimum atomic E-state index is -3.74. The fraction of sp³-hybridized carbons (Fsp3) is 0.188. The van der Waals surface area contributed by atoms with E-state index in [9.17, 15) is 13.2 Å². The van der Waals surface area contributed by atoms with Crippen molar-refractivity contribution in [2.75, 3.05) is 5.75 Å². The number of thioether (sulfide) groups is 1. The fourth-order valence-electron chi connectivity index (χ4n) is 1.77. The Morgan fingerprint density at radius 3 is 2.26 bits per heavy atom. The molecular formula is C16H17NO4S2. The lowest BCUT2D eigenvalue weighted by molar-refractivity contribution is -0.133. The number of ether oxygens (including phenoxy) is 1. The molecule has 2 aromatic rings. The van der Waals surface area contributed by atoms with Crippen LogP contribution in [-0.2, 0) is 14.8 Å². The highest BCUT2D eigenvalue weighted by molar-refractivity contribution is 7.99. The molecule has 0 saturated heterocycles. The zero-order valence-corrected chi connectivity index (χ0v) is 14.2. The molecule has 2 aromatic carbocycles. The number of carbonyl (C=O) groups excluding carboxylic acids is 1. The minimum Gasteiger partial charge on any atom is -0.427 e. The van der Waals surface area contributed by atoms with E-state index >= 15 is 0 Å². The van der Waals surface area contributed by atoms with Crippen LogP contribution in [0.15, 0.2) is 58.3 Å². The second-order valence-electron chi connectivity index (χ2n) is 4.90. The number of nitrogens with two attached hydrogens (primary N) is 1. The van der Waals surface area contributed by atoms with Crippen LogP contribution in [0.1, 0.15) is 12.0 Å². The van der Waals surface area contributed by atoms with Gasteiger partial charge in [-0.1, -0.05) is 17.7 Å². The SMILES string of the molecule is Cc1ccc(SCCC(=O)Oc2ccc(S(N)(=O)=O)cc2)cc1. The molecule has 122 valence electrons. The molecule has 0 bridgehead atoms. The van der Waals surface area contributed by atoms with Gasteiger partial charge in [0.15, 0.2) is 0 Å². The van der Waals surface area contributed by atoms with E-state index in [2.05, 4.69) is 0 Å². The summed E-state index contributed by atoms with van der Waals surface area (Å²) in [5, 5.41) is 5.00. The summed E-state index contributed by atoms with van der Waals surface area (Å²) in [6, 6.07) is 13.5. The van der Waals surface area contributed by atoms with E-state index in [1.165, 1.54) is 29.8 Å². The standard InChI is InChI=1S/C16H17NO4S2/c1-12-2-6-14(7-3-12)22-11-10-16(18)21-13-4-8-15(9-5-13)23(17,19)20/h2-9H,10-11H2,1H3,(H2,17,19,20). The van der Waals surface area contributed by atoms with E-state index < -0.39 is 10.0 Å². The first-order chi connectivity index (χ1) is 10.8. The summed E-state index contributed by atoms with van der Waals surface area (Å²) >= 11 is 1.58. The van der Waals surface area contributed by atoms with Gasteiger partial charge in [0.2, 0.25) is 10.0 Å². The normalized spacial score (nSPS) is 11.2. The van der Waals surface area contributed by atoms with E-state index in [0.717, 1.165) is 4.90 Å². The molecule has 0 spiro atoms. The van der Waals surface area contributed by atoms with Crippen LogP contribution in [0.3, 0.4) is 0 Å². The molecule has 0 aliphatic heterocycles. The molecule has 0 amide bonds. The van der Waals surface area contributed by atoms with Crippen LogP contribution >= 0.6 is 11.8 Å². The number of sulfonamides is 1. The predicted octanol–water partition coefficient (Wildman–Crippen LogP) is 2.73. The molecular weight excluding hydrogens is 334 g/mol. The summed E-state index contributed by atoms with van der Waals surface area (Å²) < 4.78 is 27.4. The molecule has 0 heterocycles. The third-order valence-corrected chi connectivity index (χ3v) is 4.92. The summed E-state index contributed by atoms with van der Waals surface area (Å²) in [5.74, 6) is 0.535. The lowest BCUT2D eigenvalue weighted by Crippen LogP contribution is -2.12. The van der Waals surface area contributed by atoms with Crippen LogP contribution in [0, 0.1) is 6.92 Å². The molecule has 0 aliphatic carbocycles. The third kappa shape index (κ3) is 5.70. The molecule has 0 fully saturated rings. The summed E-state index contributed by atoms with van der Waals surface area (Å²) in [5.41, 5.74) is 1.19. The number of benzene rings is 2. The molecule has 0 saturated carbocycles. The van der Waals surface area contributed by atoms with E-state index in [1.54, 1.807) is 11.8 Å². The first-order valence-corrected chi connectivity index (χ1v) is 9.41. The van der Waals surface area contributed by atoms with Gasteiger partial charge in [0.05, 0.1) is 11.3 Å². The van der Waals surface area contributed by atoms with Crippen LogP contribution in [0.2, 0.25) is 0 Å². The molecule has 0 radical (unpaired) electrons. The van der Waals surface area contributed by atoms with Crippen molar-refractivity contribution in [2.24, 2.45) is 5.14 Å². The van der Waals surface area contributed by atoms with Gasteiger partial charge in [-0.3, -0.25) is 4.79 Å². The Labute approximate surface area is 139 Å². The van der Waals surface area contributed by atoms with Crippen molar-refractivity contribution in [2.45, 2.75) is 23.1 Å². The molecule has 0 aromatic heterocycles. The van der Waals surface area contributed by atoms with Crippen molar-refractivity contribution < 1.29 is 17.9 Å². The zero-order chi connectivity index (χ0) is 16.9. The number of aryl methyl sites for hydroxylation is 1. The Bertz CT molecular complexity index is 769. The Hall–Kier alpha value is -1.83. The maximum atomic E-state index is 11.8. The number of rotatable bonds is 6. The van der Waals surface area contributed by atoms with Crippen LogP contribution < -0.4 is 9.88 Å².